The van der Waals surface area contributed by atoms with E-state index in [2.05, 4.69) is 13.8 Å². The van der Waals surface area contributed by atoms with Gasteiger partial charge in [-0.1, -0.05) is 19.9 Å². The number of benzene rings is 1. The van der Waals surface area contributed by atoms with E-state index in [4.69, 9.17) is 0 Å². The quantitative estimate of drug-likeness (QED) is 0.635. The maximum absolute atomic E-state index is 12.4. The van der Waals surface area contributed by atoms with Crippen LogP contribution in [0.15, 0.2) is 24.3 Å². The van der Waals surface area contributed by atoms with Gasteiger partial charge < -0.3 is 4.90 Å². The topological polar surface area (TPSA) is 63.5 Å². The van der Waals surface area contributed by atoms with Crippen LogP contribution in [0.5, 0.6) is 0 Å². The summed E-state index contributed by atoms with van der Waals surface area (Å²) in [6, 6.07) is 5.96. The van der Waals surface area contributed by atoms with E-state index in [9.17, 15) is 14.9 Å². The number of nitro benzene ring substituents is 1. The van der Waals surface area contributed by atoms with Crippen molar-refractivity contribution in [3.63, 3.8) is 0 Å². The predicted octanol–water partition coefficient (Wildman–Crippen LogP) is 2.81. The third-order valence-corrected chi connectivity index (χ3v) is 4.97. The molecule has 0 radical (unpaired) electrons. The summed E-state index contributed by atoms with van der Waals surface area (Å²) >= 11 is 1.89. The fraction of sp³-hybridized carbons (Fsp3) is 0.500. The Morgan fingerprint density at radius 2 is 2.25 bits per heavy atom. The first kappa shape index (κ1) is 14.8. The van der Waals surface area contributed by atoms with Gasteiger partial charge in [0.1, 0.15) is 0 Å². The molecule has 1 saturated heterocycles. The van der Waals surface area contributed by atoms with E-state index in [0.717, 1.165) is 5.75 Å². The molecular formula is C14H18N2O3S. The van der Waals surface area contributed by atoms with Gasteiger partial charge >= 0.3 is 0 Å². The van der Waals surface area contributed by atoms with E-state index in [1.165, 1.54) is 12.1 Å². The van der Waals surface area contributed by atoms with Crippen molar-refractivity contribution in [1.29, 1.82) is 0 Å². The van der Waals surface area contributed by atoms with Crippen molar-refractivity contribution in [1.82, 2.24) is 4.90 Å². The Balaban J connectivity index is 2.14. The Labute approximate surface area is 122 Å². The lowest BCUT2D eigenvalue weighted by Crippen LogP contribution is -2.43. The lowest BCUT2D eigenvalue weighted by Gasteiger charge is -2.34. The van der Waals surface area contributed by atoms with Gasteiger partial charge in [-0.25, -0.2) is 0 Å². The molecule has 2 rings (SSSR count). The number of amides is 1. The molecule has 1 amide bonds. The monoisotopic (exact) mass is 294 g/mol. The van der Waals surface area contributed by atoms with Gasteiger partial charge in [0.2, 0.25) is 0 Å². The van der Waals surface area contributed by atoms with Crippen LogP contribution in [0.4, 0.5) is 5.69 Å². The maximum Gasteiger partial charge on any atom is 0.270 e. The summed E-state index contributed by atoms with van der Waals surface area (Å²) in [6.07, 6.45) is 0. The predicted molar refractivity (Wildman–Crippen MR) is 80.1 cm³/mol. The molecule has 0 saturated carbocycles. The normalized spacial score (nSPS) is 19.1. The SMILES string of the molecule is CC(C)C1CN(C(=O)c2cccc([N+](=O)[O-])c2)CCS1. The smallest absolute Gasteiger partial charge is 0.270 e. The number of carbonyl (C=O) groups is 1. The Hall–Kier alpha value is -1.56. The maximum atomic E-state index is 12.4. The van der Waals surface area contributed by atoms with Crippen LogP contribution in [-0.2, 0) is 0 Å². The van der Waals surface area contributed by atoms with E-state index < -0.39 is 4.92 Å². The molecule has 108 valence electrons. The fourth-order valence-corrected chi connectivity index (χ4v) is 3.50. The van der Waals surface area contributed by atoms with Crippen LogP contribution < -0.4 is 0 Å². The average Bonchev–Trinajstić information content (AvgIpc) is 2.46. The Bertz CT molecular complexity index is 519. The summed E-state index contributed by atoms with van der Waals surface area (Å²) in [5.41, 5.74) is 0.358. The molecule has 0 aliphatic carbocycles. The minimum Gasteiger partial charge on any atom is -0.337 e. The molecule has 1 aromatic carbocycles. The average molecular weight is 294 g/mol. The number of non-ortho nitro benzene ring substituents is 1. The molecule has 0 spiro atoms. The molecule has 6 heteroatoms. The van der Waals surface area contributed by atoms with Crippen molar-refractivity contribution in [2.75, 3.05) is 18.8 Å². The van der Waals surface area contributed by atoms with Crippen LogP contribution in [-0.4, -0.2) is 39.8 Å². The standard InChI is InChI=1S/C14H18N2O3S/c1-10(2)13-9-15(6-7-20-13)14(17)11-4-3-5-12(8-11)16(18)19/h3-5,8,10,13H,6-7,9H2,1-2H3. The lowest BCUT2D eigenvalue weighted by molar-refractivity contribution is -0.384. The number of rotatable bonds is 3. The summed E-state index contributed by atoms with van der Waals surface area (Å²) in [7, 11) is 0. The minimum absolute atomic E-state index is 0.0392. The summed E-state index contributed by atoms with van der Waals surface area (Å²) < 4.78 is 0. The van der Waals surface area contributed by atoms with Crippen LogP contribution >= 0.6 is 11.8 Å². The molecule has 1 unspecified atom stereocenters. The van der Waals surface area contributed by atoms with Gasteiger partial charge in [-0.05, 0) is 12.0 Å². The summed E-state index contributed by atoms with van der Waals surface area (Å²) in [5, 5.41) is 11.2. The summed E-state index contributed by atoms with van der Waals surface area (Å²) in [4.78, 5) is 24.5. The first-order valence-electron chi connectivity index (χ1n) is 6.64. The van der Waals surface area contributed by atoms with Gasteiger partial charge in [0.05, 0.1) is 4.92 Å². The molecule has 20 heavy (non-hydrogen) atoms. The van der Waals surface area contributed by atoms with Crippen molar-refractivity contribution < 1.29 is 9.72 Å². The van der Waals surface area contributed by atoms with E-state index in [1.807, 2.05) is 11.8 Å². The second-order valence-corrected chi connectivity index (χ2v) is 6.56. The van der Waals surface area contributed by atoms with Crippen LogP contribution in [0.1, 0.15) is 24.2 Å². The third kappa shape index (κ3) is 3.30. The van der Waals surface area contributed by atoms with Gasteiger partial charge in [0, 0.05) is 41.8 Å². The Morgan fingerprint density at radius 1 is 1.50 bits per heavy atom. The number of carbonyl (C=O) groups excluding carboxylic acids is 1. The van der Waals surface area contributed by atoms with Crippen molar-refractivity contribution in [2.45, 2.75) is 19.1 Å². The molecule has 1 fully saturated rings. The van der Waals surface area contributed by atoms with Crippen molar-refractivity contribution in [3.05, 3.63) is 39.9 Å². The lowest BCUT2D eigenvalue weighted by atomic mass is 10.1. The van der Waals surface area contributed by atoms with E-state index in [0.29, 0.717) is 29.8 Å². The Kier molecular flexibility index (Phi) is 4.65. The molecule has 5 nitrogen and oxygen atoms in total. The number of nitrogens with zero attached hydrogens (tertiary/aromatic N) is 2. The van der Waals surface area contributed by atoms with Crippen molar-refractivity contribution >= 4 is 23.4 Å². The molecule has 0 aromatic heterocycles. The molecule has 0 bridgehead atoms. The highest BCUT2D eigenvalue weighted by atomic mass is 32.2. The molecule has 0 N–H and O–H groups in total. The van der Waals surface area contributed by atoms with Crippen LogP contribution in [0.3, 0.4) is 0 Å². The zero-order valence-corrected chi connectivity index (χ0v) is 12.4. The van der Waals surface area contributed by atoms with Gasteiger partial charge in [-0.15, -0.1) is 0 Å². The van der Waals surface area contributed by atoms with Crippen LogP contribution in [0, 0.1) is 16.0 Å². The molecule has 1 heterocycles. The second-order valence-electron chi connectivity index (χ2n) is 5.21. The van der Waals surface area contributed by atoms with E-state index >= 15 is 0 Å². The number of nitro groups is 1. The number of hydrogen-bond donors (Lipinski definition) is 0. The van der Waals surface area contributed by atoms with Gasteiger partial charge in [0.15, 0.2) is 0 Å². The molecule has 1 atom stereocenters. The fourth-order valence-electron chi connectivity index (χ4n) is 2.20. The molecule has 1 aromatic rings. The minimum atomic E-state index is -0.472. The number of thioether (sulfide) groups is 1. The second kappa shape index (κ2) is 6.26. The Morgan fingerprint density at radius 3 is 2.90 bits per heavy atom. The highest BCUT2D eigenvalue weighted by Crippen LogP contribution is 2.26. The van der Waals surface area contributed by atoms with Gasteiger partial charge in [-0.2, -0.15) is 11.8 Å². The van der Waals surface area contributed by atoms with E-state index in [1.54, 1.807) is 17.0 Å². The highest BCUT2D eigenvalue weighted by Gasteiger charge is 2.27. The van der Waals surface area contributed by atoms with Gasteiger partial charge in [-0.3, -0.25) is 14.9 Å². The molecule has 1 aliphatic rings. The first-order chi connectivity index (χ1) is 9.49. The summed E-state index contributed by atoms with van der Waals surface area (Å²) in [5.74, 6) is 1.32. The zero-order chi connectivity index (χ0) is 14.7. The van der Waals surface area contributed by atoms with E-state index in [-0.39, 0.29) is 11.6 Å². The van der Waals surface area contributed by atoms with Crippen molar-refractivity contribution in [2.24, 2.45) is 5.92 Å². The third-order valence-electron chi connectivity index (χ3n) is 3.43. The molecular weight excluding hydrogens is 276 g/mol. The van der Waals surface area contributed by atoms with Gasteiger partial charge in [0.25, 0.3) is 11.6 Å². The first-order valence-corrected chi connectivity index (χ1v) is 7.69. The highest BCUT2D eigenvalue weighted by molar-refractivity contribution is 8.00. The largest absolute Gasteiger partial charge is 0.337 e. The number of hydrogen-bond acceptors (Lipinski definition) is 4. The molecule has 1 aliphatic heterocycles. The summed E-state index contributed by atoms with van der Waals surface area (Å²) in [6.45, 7) is 5.72. The zero-order valence-electron chi connectivity index (χ0n) is 11.6. The van der Waals surface area contributed by atoms with Crippen LogP contribution in [0.2, 0.25) is 0 Å². The van der Waals surface area contributed by atoms with Crippen molar-refractivity contribution in [3.8, 4) is 0 Å². The van der Waals surface area contributed by atoms with Crippen LogP contribution in [0.25, 0.3) is 0 Å².